The maximum Gasteiger partial charge on any atom is 0.252 e. The molecule has 0 aromatic heterocycles. The molecular weight excluding hydrogens is 418 g/mol. The third kappa shape index (κ3) is 6.73. The van der Waals surface area contributed by atoms with Crippen LogP contribution in [-0.4, -0.2) is 30.3 Å². The quantitative estimate of drug-likeness (QED) is 0.490. The molecule has 0 spiro atoms. The largest absolute Gasteiger partial charge is 0.351 e. The lowest BCUT2D eigenvalue weighted by atomic mass is 10.2. The molecule has 3 aromatic rings. The Labute approximate surface area is 193 Å². The van der Waals surface area contributed by atoms with E-state index in [4.69, 9.17) is 5.26 Å². The molecule has 0 unspecified atom stereocenters. The average Bonchev–Trinajstić information content (AvgIpc) is 2.83. The topological polar surface area (TPSA) is 73.2 Å². The predicted molar refractivity (Wildman–Crippen MR) is 127 cm³/mol. The van der Waals surface area contributed by atoms with Gasteiger partial charge in [0.15, 0.2) is 0 Å². The predicted octanol–water partition coefficient (Wildman–Crippen LogP) is 4.63. The Kier molecular flexibility index (Phi) is 8.47. The van der Waals surface area contributed by atoms with E-state index < -0.39 is 0 Å². The lowest BCUT2D eigenvalue weighted by Crippen LogP contribution is -2.32. The van der Waals surface area contributed by atoms with E-state index in [1.54, 1.807) is 41.9 Å². The standard InChI is InChI=1S/C26H25N3O2S/c1-29(18-21-7-3-2-4-8-21)25(30)15-16-28-26(31)23-9-5-6-10-24(23)32-19-22-13-11-20(17-27)12-14-22/h2-14H,15-16,18-19H2,1H3,(H,28,31). The Hall–Kier alpha value is -3.56. The van der Waals surface area contributed by atoms with Crippen LogP contribution in [-0.2, 0) is 17.1 Å². The van der Waals surface area contributed by atoms with Gasteiger partial charge in [-0.2, -0.15) is 5.26 Å². The number of hydrogen-bond acceptors (Lipinski definition) is 4. The fraction of sp³-hybridized carbons (Fsp3) is 0.192. The summed E-state index contributed by atoms with van der Waals surface area (Å²) in [5, 5.41) is 11.8. The molecular formula is C26H25N3O2S. The monoisotopic (exact) mass is 443 g/mol. The first-order chi connectivity index (χ1) is 15.6. The maximum absolute atomic E-state index is 12.7. The first-order valence-electron chi connectivity index (χ1n) is 10.3. The van der Waals surface area contributed by atoms with E-state index in [2.05, 4.69) is 11.4 Å². The number of nitriles is 1. The number of carbonyl (C=O) groups is 2. The van der Waals surface area contributed by atoms with Gasteiger partial charge in [0.1, 0.15) is 0 Å². The smallest absolute Gasteiger partial charge is 0.252 e. The van der Waals surface area contributed by atoms with Crippen molar-refractivity contribution in [1.29, 1.82) is 5.26 Å². The molecule has 5 nitrogen and oxygen atoms in total. The zero-order valence-electron chi connectivity index (χ0n) is 18.0. The van der Waals surface area contributed by atoms with Crippen LogP contribution < -0.4 is 5.32 Å². The van der Waals surface area contributed by atoms with Gasteiger partial charge in [-0.1, -0.05) is 54.6 Å². The van der Waals surface area contributed by atoms with E-state index in [-0.39, 0.29) is 24.8 Å². The molecule has 0 aliphatic heterocycles. The highest BCUT2D eigenvalue weighted by Gasteiger charge is 2.13. The average molecular weight is 444 g/mol. The Balaban J connectivity index is 1.50. The minimum atomic E-state index is -0.188. The molecule has 1 N–H and O–H groups in total. The summed E-state index contributed by atoms with van der Waals surface area (Å²) < 4.78 is 0. The van der Waals surface area contributed by atoms with Crippen molar-refractivity contribution < 1.29 is 9.59 Å². The molecule has 0 radical (unpaired) electrons. The van der Waals surface area contributed by atoms with Gasteiger partial charge in [0.25, 0.3) is 5.91 Å². The highest BCUT2D eigenvalue weighted by molar-refractivity contribution is 7.98. The Morgan fingerprint density at radius 3 is 2.34 bits per heavy atom. The molecule has 0 aliphatic rings. The normalized spacial score (nSPS) is 10.2. The van der Waals surface area contributed by atoms with Crippen molar-refractivity contribution in [2.24, 2.45) is 0 Å². The molecule has 0 fully saturated rings. The van der Waals surface area contributed by atoms with Crippen LogP contribution in [0.5, 0.6) is 0 Å². The van der Waals surface area contributed by atoms with Gasteiger partial charge in [-0.25, -0.2) is 0 Å². The summed E-state index contributed by atoms with van der Waals surface area (Å²) in [4.78, 5) is 27.7. The van der Waals surface area contributed by atoms with Crippen molar-refractivity contribution in [2.75, 3.05) is 13.6 Å². The summed E-state index contributed by atoms with van der Waals surface area (Å²) in [5.41, 5.74) is 3.37. The van der Waals surface area contributed by atoms with Crippen LogP contribution in [0, 0.1) is 11.3 Å². The number of rotatable bonds is 9. The van der Waals surface area contributed by atoms with E-state index >= 15 is 0 Å². The summed E-state index contributed by atoms with van der Waals surface area (Å²) >= 11 is 1.57. The number of amides is 2. The highest BCUT2D eigenvalue weighted by Crippen LogP contribution is 2.26. The Morgan fingerprint density at radius 2 is 1.62 bits per heavy atom. The van der Waals surface area contributed by atoms with E-state index in [1.807, 2.05) is 60.7 Å². The second-order valence-electron chi connectivity index (χ2n) is 7.33. The van der Waals surface area contributed by atoms with Crippen molar-refractivity contribution in [1.82, 2.24) is 10.2 Å². The second-order valence-corrected chi connectivity index (χ2v) is 8.35. The first-order valence-corrected chi connectivity index (χ1v) is 11.3. The molecule has 0 bridgehead atoms. The van der Waals surface area contributed by atoms with Gasteiger partial charge in [-0.15, -0.1) is 11.8 Å². The third-order valence-electron chi connectivity index (χ3n) is 4.92. The molecule has 0 atom stereocenters. The lowest BCUT2D eigenvalue weighted by molar-refractivity contribution is -0.130. The van der Waals surface area contributed by atoms with E-state index in [9.17, 15) is 9.59 Å². The van der Waals surface area contributed by atoms with Gasteiger partial charge in [0.05, 0.1) is 17.2 Å². The van der Waals surface area contributed by atoms with Crippen molar-refractivity contribution in [3.05, 3.63) is 101 Å². The summed E-state index contributed by atoms with van der Waals surface area (Å²) in [5.74, 6) is 0.489. The molecule has 3 aromatic carbocycles. The number of carbonyl (C=O) groups excluding carboxylic acids is 2. The molecule has 3 rings (SSSR count). The van der Waals surface area contributed by atoms with Crippen molar-refractivity contribution in [2.45, 2.75) is 23.6 Å². The fourth-order valence-corrected chi connectivity index (χ4v) is 4.14. The number of nitrogens with one attached hydrogen (secondary N) is 1. The zero-order chi connectivity index (χ0) is 22.8. The van der Waals surface area contributed by atoms with Crippen LogP contribution in [0.25, 0.3) is 0 Å². The Morgan fingerprint density at radius 1 is 0.938 bits per heavy atom. The van der Waals surface area contributed by atoms with Gasteiger partial charge in [-0.3, -0.25) is 9.59 Å². The molecule has 32 heavy (non-hydrogen) atoms. The number of hydrogen-bond donors (Lipinski definition) is 1. The van der Waals surface area contributed by atoms with Crippen LogP contribution in [0.3, 0.4) is 0 Å². The Bertz CT molecular complexity index is 1090. The summed E-state index contributed by atoms with van der Waals surface area (Å²) in [6.07, 6.45) is 0.246. The summed E-state index contributed by atoms with van der Waals surface area (Å²) in [6.45, 7) is 0.827. The van der Waals surface area contributed by atoms with Gasteiger partial charge in [-0.05, 0) is 35.4 Å². The van der Waals surface area contributed by atoms with E-state index in [1.165, 1.54) is 0 Å². The molecule has 0 aliphatic carbocycles. The molecule has 0 saturated carbocycles. The molecule has 162 valence electrons. The fourth-order valence-electron chi connectivity index (χ4n) is 3.13. The number of benzene rings is 3. The van der Waals surface area contributed by atoms with Crippen molar-refractivity contribution >= 4 is 23.6 Å². The highest BCUT2D eigenvalue weighted by atomic mass is 32.2. The molecule has 0 saturated heterocycles. The summed E-state index contributed by atoms with van der Waals surface area (Å²) in [7, 11) is 1.77. The van der Waals surface area contributed by atoms with E-state index in [0.29, 0.717) is 23.4 Å². The van der Waals surface area contributed by atoms with Crippen molar-refractivity contribution in [3.63, 3.8) is 0 Å². The van der Waals surface area contributed by atoms with Gasteiger partial charge < -0.3 is 10.2 Å². The first kappa shape index (κ1) is 23.1. The minimum Gasteiger partial charge on any atom is -0.351 e. The molecule has 0 heterocycles. The van der Waals surface area contributed by atoms with Crippen LogP contribution in [0.2, 0.25) is 0 Å². The number of thioether (sulfide) groups is 1. The van der Waals surface area contributed by atoms with Gasteiger partial charge in [0.2, 0.25) is 5.91 Å². The summed E-state index contributed by atoms with van der Waals surface area (Å²) in [6, 6.07) is 26.8. The van der Waals surface area contributed by atoms with Gasteiger partial charge >= 0.3 is 0 Å². The van der Waals surface area contributed by atoms with Crippen LogP contribution in [0.1, 0.15) is 33.5 Å². The third-order valence-corrected chi connectivity index (χ3v) is 6.07. The second kappa shape index (κ2) is 11.7. The van der Waals surface area contributed by atoms with Gasteiger partial charge in [0, 0.05) is 37.2 Å². The van der Waals surface area contributed by atoms with Crippen molar-refractivity contribution in [3.8, 4) is 6.07 Å². The molecule has 6 heteroatoms. The van der Waals surface area contributed by atoms with Crippen LogP contribution in [0.4, 0.5) is 0 Å². The minimum absolute atomic E-state index is 0.0161. The zero-order valence-corrected chi connectivity index (χ0v) is 18.8. The number of nitrogens with zero attached hydrogens (tertiary/aromatic N) is 2. The maximum atomic E-state index is 12.7. The van der Waals surface area contributed by atoms with Crippen LogP contribution >= 0.6 is 11.8 Å². The SMILES string of the molecule is CN(Cc1ccccc1)C(=O)CCNC(=O)c1ccccc1SCc1ccc(C#N)cc1. The lowest BCUT2D eigenvalue weighted by Gasteiger charge is -2.17. The van der Waals surface area contributed by atoms with E-state index in [0.717, 1.165) is 16.0 Å². The molecule has 2 amide bonds. The van der Waals surface area contributed by atoms with Crippen LogP contribution in [0.15, 0.2) is 83.8 Å².